The van der Waals surface area contributed by atoms with Gasteiger partial charge in [0.1, 0.15) is 5.75 Å². The Morgan fingerprint density at radius 3 is 2.23 bits per heavy atom. The molecule has 0 radical (unpaired) electrons. The van der Waals surface area contributed by atoms with Gasteiger partial charge in [-0.25, -0.2) is 0 Å². The van der Waals surface area contributed by atoms with Crippen LogP contribution >= 0.6 is 11.6 Å². The summed E-state index contributed by atoms with van der Waals surface area (Å²) in [5.41, 5.74) is 2.16. The largest absolute Gasteiger partial charge is 0.491 e. The van der Waals surface area contributed by atoms with Gasteiger partial charge in [0, 0.05) is 11.6 Å². The van der Waals surface area contributed by atoms with Gasteiger partial charge in [0.05, 0.1) is 18.8 Å². The van der Waals surface area contributed by atoms with E-state index in [1.54, 1.807) is 0 Å². The molecule has 0 aromatic heterocycles. The summed E-state index contributed by atoms with van der Waals surface area (Å²) >= 11 is 5.89. The van der Waals surface area contributed by atoms with Crippen LogP contribution in [0.3, 0.4) is 0 Å². The van der Waals surface area contributed by atoms with Gasteiger partial charge in [-0.05, 0) is 49.2 Å². The van der Waals surface area contributed by atoms with E-state index in [2.05, 4.69) is 5.32 Å². The van der Waals surface area contributed by atoms with Gasteiger partial charge in [0.15, 0.2) is 0 Å². The summed E-state index contributed by atoms with van der Waals surface area (Å²) in [4.78, 5) is 0. The van der Waals surface area contributed by atoms with E-state index in [1.165, 1.54) is 0 Å². The van der Waals surface area contributed by atoms with Crippen LogP contribution < -0.4 is 10.1 Å². The molecule has 0 spiro atoms. The second-order valence-corrected chi connectivity index (χ2v) is 5.91. The molecule has 0 saturated heterocycles. The maximum Gasteiger partial charge on any atom is 0.119 e. The first-order valence-corrected chi connectivity index (χ1v) is 7.81. The van der Waals surface area contributed by atoms with Gasteiger partial charge >= 0.3 is 0 Å². The lowest BCUT2D eigenvalue weighted by molar-refractivity contribution is 0.241. The van der Waals surface area contributed by atoms with Crippen LogP contribution in [0.2, 0.25) is 5.02 Å². The van der Waals surface area contributed by atoms with Crippen molar-refractivity contribution in [1.82, 2.24) is 5.32 Å². The van der Waals surface area contributed by atoms with Gasteiger partial charge in [0.25, 0.3) is 0 Å². The van der Waals surface area contributed by atoms with E-state index < -0.39 is 0 Å². The molecule has 1 atom stereocenters. The Kier molecular flexibility index (Phi) is 6.25. The lowest BCUT2D eigenvalue weighted by Crippen LogP contribution is -2.23. The monoisotopic (exact) mass is 319 g/mol. The molecule has 0 aliphatic heterocycles. The van der Waals surface area contributed by atoms with Gasteiger partial charge in [-0.1, -0.05) is 35.9 Å². The van der Waals surface area contributed by atoms with Crippen LogP contribution in [0.5, 0.6) is 5.75 Å². The highest BCUT2D eigenvalue weighted by Gasteiger charge is 2.09. The molecule has 3 nitrogen and oxygen atoms in total. The minimum Gasteiger partial charge on any atom is -0.491 e. The van der Waals surface area contributed by atoms with Crippen molar-refractivity contribution in [2.24, 2.45) is 0 Å². The summed E-state index contributed by atoms with van der Waals surface area (Å²) in [5, 5.41) is 13.6. The number of benzene rings is 2. The number of nitrogens with one attached hydrogen (secondary N) is 1. The lowest BCUT2D eigenvalue weighted by Gasteiger charge is -2.17. The number of hydrogen-bond donors (Lipinski definition) is 2. The van der Waals surface area contributed by atoms with Crippen LogP contribution in [0.15, 0.2) is 48.5 Å². The highest BCUT2D eigenvalue weighted by Crippen LogP contribution is 2.18. The molecule has 0 fully saturated rings. The standard InChI is InChI=1S/C18H22ClNO2/c1-13(2)22-17-9-3-14(4-10-17)11-20-18(12-21)15-5-7-16(19)8-6-15/h3-10,13,18,20-21H,11-12H2,1-2H3. The summed E-state index contributed by atoms with van der Waals surface area (Å²) in [7, 11) is 0. The first-order chi connectivity index (χ1) is 10.6. The van der Waals surface area contributed by atoms with Crippen LogP contribution in [0, 0.1) is 0 Å². The van der Waals surface area contributed by atoms with E-state index in [-0.39, 0.29) is 18.8 Å². The van der Waals surface area contributed by atoms with Crippen molar-refractivity contribution in [2.75, 3.05) is 6.61 Å². The van der Waals surface area contributed by atoms with E-state index in [0.717, 1.165) is 16.9 Å². The third-order valence-electron chi connectivity index (χ3n) is 3.30. The second kappa shape index (κ2) is 8.18. The van der Waals surface area contributed by atoms with Gasteiger partial charge < -0.3 is 15.2 Å². The Labute approximate surface area is 136 Å². The molecule has 1 unspecified atom stereocenters. The molecule has 2 aromatic rings. The molecule has 0 bridgehead atoms. The van der Waals surface area contributed by atoms with E-state index in [1.807, 2.05) is 62.4 Å². The molecule has 2 aromatic carbocycles. The number of hydrogen-bond acceptors (Lipinski definition) is 3. The van der Waals surface area contributed by atoms with Crippen LogP contribution in [0.25, 0.3) is 0 Å². The quantitative estimate of drug-likeness (QED) is 0.812. The number of halogens is 1. The third kappa shape index (κ3) is 5.02. The third-order valence-corrected chi connectivity index (χ3v) is 3.55. The van der Waals surface area contributed by atoms with Crippen molar-refractivity contribution in [3.05, 3.63) is 64.7 Å². The smallest absolute Gasteiger partial charge is 0.119 e. The van der Waals surface area contributed by atoms with Gasteiger partial charge in [0.2, 0.25) is 0 Å². The Morgan fingerprint density at radius 1 is 1.05 bits per heavy atom. The average molecular weight is 320 g/mol. The minimum atomic E-state index is -0.108. The number of aliphatic hydroxyl groups excluding tert-OH is 1. The van der Waals surface area contributed by atoms with Crippen LogP contribution in [-0.2, 0) is 6.54 Å². The SMILES string of the molecule is CC(C)Oc1ccc(CNC(CO)c2ccc(Cl)cc2)cc1. The zero-order chi connectivity index (χ0) is 15.9. The zero-order valence-electron chi connectivity index (χ0n) is 12.9. The minimum absolute atomic E-state index is 0.0379. The Bertz CT molecular complexity index is 567. The van der Waals surface area contributed by atoms with Crippen molar-refractivity contribution < 1.29 is 9.84 Å². The molecule has 22 heavy (non-hydrogen) atoms. The maximum absolute atomic E-state index is 9.55. The van der Waals surface area contributed by atoms with Crippen LogP contribution in [-0.4, -0.2) is 17.8 Å². The first-order valence-electron chi connectivity index (χ1n) is 7.44. The Balaban J connectivity index is 1.94. The predicted molar refractivity (Wildman–Crippen MR) is 90.3 cm³/mol. The van der Waals surface area contributed by atoms with E-state index in [0.29, 0.717) is 11.6 Å². The normalized spacial score (nSPS) is 12.4. The number of rotatable bonds is 7. The molecule has 0 saturated carbocycles. The van der Waals surface area contributed by atoms with Crippen molar-refractivity contribution in [2.45, 2.75) is 32.5 Å². The topological polar surface area (TPSA) is 41.5 Å². The first kappa shape index (κ1) is 16.8. The zero-order valence-corrected chi connectivity index (χ0v) is 13.7. The fourth-order valence-corrected chi connectivity index (χ4v) is 2.31. The summed E-state index contributed by atoms with van der Waals surface area (Å²) in [6, 6.07) is 15.4. The molecule has 4 heteroatoms. The fourth-order valence-electron chi connectivity index (χ4n) is 2.18. The molecule has 0 amide bonds. The van der Waals surface area contributed by atoms with Crippen molar-refractivity contribution >= 4 is 11.6 Å². The molecular weight excluding hydrogens is 298 g/mol. The Hall–Kier alpha value is -1.55. The molecular formula is C18H22ClNO2. The van der Waals surface area contributed by atoms with Crippen LogP contribution in [0.4, 0.5) is 0 Å². The summed E-state index contributed by atoms with van der Waals surface area (Å²) in [5.74, 6) is 0.871. The van der Waals surface area contributed by atoms with E-state index >= 15 is 0 Å². The van der Waals surface area contributed by atoms with Crippen molar-refractivity contribution in [3.8, 4) is 5.75 Å². The van der Waals surface area contributed by atoms with E-state index in [9.17, 15) is 5.11 Å². The lowest BCUT2D eigenvalue weighted by atomic mass is 10.1. The molecule has 0 aliphatic carbocycles. The predicted octanol–water partition coefficient (Wildman–Crippen LogP) is 3.95. The Morgan fingerprint density at radius 2 is 1.68 bits per heavy atom. The van der Waals surface area contributed by atoms with Crippen molar-refractivity contribution in [1.29, 1.82) is 0 Å². The average Bonchev–Trinajstić information content (AvgIpc) is 2.50. The highest BCUT2D eigenvalue weighted by molar-refractivity contribution is 6.30. The van der Waals surface area contributed by atoms with Gasteiger partial charge in [-0.2, -0.15) is 0 Å². The molecule has 2 N–H and O–H groups in total. The molecule has 0 heterocycles. The number of ether oxygens (including phenoxy) is 1. The second-order valence-electron chi connectivity index (χ2n) is 5.48. The molecule has 2 rings (SSSR count). The summed E-state index contributed by atoms with van der Waals surface area (Å²) in [6.45, 7) is 4.73. The summed E-state index contributed by atoms with van der Waals surface area (Å²) in [6.07, 6.45) is 0.174. The van der Waals surface area contributed by atoms with Crippen LogP contribution in [0.1, 0.15) is 31.0 Å². The molecule has 0 aliphatic rings. The number of aliphatic hydroxyl groups is 1. The summed E-state index contributed by atoms with van der Waals surface area (Å²) < 4.78 is 5.62. The fraction of sp³-hybridized carbons (Fsp3) is 0.333. The molecule has 118 valence electrons. The van der Waals surface area contributed by atoms with Gasteiger partial charge in [-0.15, -0.1) is 0 Å². The maximum atomic E-state index is 9.55. The van der Waals surface area contributed by atoms with E-state index in [4.69, 9.17) is 16.3 Å². The van der Waals surface area contributed by atoms with Gasteiger partial charge in [-0.3, -0.25) is 0 Å². The highest BCUT2D eigenvalue weighted by atomic mass is 35.5. The van der Waals surface area contributed by atoms with Crippen molar-refractivity contribution in [3.63, 3.8) is 0 Å².